The Morgan fingerprint density at radius 1 is 0.769 bits per heavy atom. The summed E-state index contributed by atoms with van der Waals surface area (Å²) in [5.41, 5.74) is 0. The second-order valence-electron chi connectivity index (χ2n) is 1.11. The number of nitrogens with zero attached hydrogens (tertiary/aromatic N) is 2. The molecule has 6 nitrogen and oxygen atoms in total. The van der Waals surface area contributed by atoms with Crippen LogP contribution in [0.2, 0.25) is 0 Å². The van der Waals surface area contributed by atoms with Gasteiger partial charge in [-0.2, -0.15) is 0 Å². The standard InChI is InChI=1S/C5H5.ClH.Mo.2HNO2/c1-2-4-5-3-1;;;2*2-1-3/h1-5H;1H;;2*(H,2,3)/q;;+3;;/p-3. The Balaban J connectivity index is -0.0000000461. The van der Waals surface area contributed by atoms with Crippen LogP contribution in [0, 0.1) is 52.3 Å². The third-order valence-corrected chi connectivity index (χ3v) is 0.556. The molecule has 0 aromatic carbocycles. The van der Waals surface area contributed by atoms with Gasteiger partial charge in [-0.1, -0.05) is 0 Å². The van der Waals surface area contributed by atoms with Crippen LogP contribution in [0.25, 0.3) is 0 Å². The molecule has 0 atom stereocenters. The summed E-state index contributed by atoms with van der Waals surface area (Å²) in [6, 6.07) is 0. The second kappa shape index (κ2) is 29.8. The third-order valence-electron chi connectivity index (χ3n) is 0.556. The number of hydrogen-bond acceptors (Lipinski definition) is 6. The van der Waals surface area contributed by atoms with Crippen molar-refractivity contribution in [3.8, 4) is 0 Å². The summed E-state index contributed by atoms with van der Waals surface area (Å²) in [5, 5.41) is 18.0. The van der Waals surface area contributed by atoms with Crippen LogP contribution in [0.4, 0.5) is 0 Å². The van der Waals surface area contributed by atoms with Gasteiger partial charge in [0.2, 0.25) is 0 Å². The Kier molecular flexibility index (Phi) is 52.7. The first kappa shape index (κ1) is 23.0. The molecule has 1 rings (SSSR count). The molecule has 0 saturated heterocycles. The van der Waals surface area contributed by atoms with Crippen LogP contribution in [0.15, 0.2) is 10.7 Å². The van der Waals surface area contributed by atoms with Gasteiger partial charge < -0.3 is 32.6 Å². The first-order valence-electron chi connectivity index (χ1n) is 2.40. The van der Waals surface area contributed by atoms with E-state index in [1.54, 1.807) is 0 Å². The summed E-state index contributed by atoms with van der Waals surface area (Å²) in [5.74, 6) is 0. The fourth-order valence-corrected chi connectivity index (χ4v) is 0.321. The van der Waals surface area contributed by atoms with Crippen LogP contribution in [0.1, 0.15) is 0 Å². The summed E-state index contributed by atoms with van der Waals surface area (Å²) in [6.45, 7) is 0. The van der Waals surface area contributed by atoms with Crippen LogP contribution >= 0.6 is 0 Å². The molecule has 0 spiro atoms. The molecular formula is C5H5ClMoN2O4. The second-order valence-corrected chi connectivity index (χ2v) is 1.11. The van der Waals surface area contributed by atoms with Gasteiger partial charge in [-0.15, -0.1) is 10.7 Å². The molecule has 1 saturated carbocycles. The predicted molar refractivity (Wildman–Crippen MR) is 39.8 cm³/mol. The molecule has 1 aliphatic carbocycles. The largest absolute Gasteiger partial charge is 3.00 e. The molecule has 0 bridgehead atoms. The minimum Gasteiger partial charge on any atom is -1.00 e. The quantitative estimate of drug-likeness (QED) is 0.308. The molecule has 0 aliphatic heterocycles. The van der Waals surface area contributed by atoms with E-state index in [4.69, 9.17) is 20.2 Å². The predicted octanol–water partition coefficient (Wildman–Crippen LogP) is -1.48. The first-order valence-corrected chi connectivity index (χ1v) is 2.40. The number of hydrogen-bond donors (Lipinski definition) is 0. The van der Waals surface area contributed by atoms with E-state index < -0.39 is 0 Å². The Hall–Kier alpha value is -0.222. The van der Waals surface area contributed by atoms with E-state index in [2.05, 4.69) is 0 Å². The molecule has 1 aliphatic rings. The Bertz CT molecular complexity index is 81.0. The van der Waals surface area contributed by atoms with Crippen LogP contribution in [0.3, 0.4) is 0 Å². The van der Waals surface area contributed by atoms with Crippen LogP contribution < -0.4 is 12.4 Å². The number of halogens is 1. The van der Waals surface area contributed by atoms with Gasteiger partial charge >= 0.3 is 21.1 Å². The first-order chi connectivity index (χ1) is 5.33. The minimum absolute atomic E-state index is 0. The summed E-state index contributed by atoms with van der Waals surface area (Å²) in [7, 11) is 0. The maximum Gasteiger partial charge on any atom is 3.00 e. The van der Waals surface area contributed by atoms with Crippen molar-refractivity contribution in [1.82, 2.24) is 0 Å². The van der Waals surface area contributed by atoms with E-state index in [1.807, 2.05) is 32.1 Å². The molecule has 0 amide bonds. The summed E-state index contributed by atoms with van der Waals surface area (Å²) in [6.07, 6.45) is 10.0. The van der Waals surface area contributed by atoms with Crippen molar-refractivity contribution in [3.05, 3.63) is 52.3 Å². The minimum atomic E-state index is 0. The van der Waals surface area contributed by atoms with Gasteiger partial charge in [-0.25, -0.2) is 0 Å². The van der Waals surface area contributed by atoms with E-state index in [9.17, 15) is 0 Å². The Labute approximate surface area is 96.6 Å². The monoisotopic (exact) mass is 290 g/mol. The van der Waals surface area contributed by atoms with Crippen molar-refractivity contribution in [1.29, 1.82) is 0 Å². The molecule has 0 aromatic rings. The molecule has 0 unspecified atom stereocenters. The fraction of sp³-hybridized carbons (Fsp3) is 0. The van der Waals surface area contributed by atoms with Gasteiger partial charge in [0.05, 0.1) is 0 Å². The van der Waals surface area contributed by atoms with Gasteiger partial charge in [0.25, 0.3) is 0 Å². The molecule has 6 radical (unpaired) electrons. The molecule has 72 valence electrons. The van der Waals surface area contributed by atoms with Crippen LogP contribution in [-0.4, -0.2) is 0 Å². The zero-order valence-corrected chi connectivity index (χ0v) is 8.96. The average Bonchev–Trinajstić information content (AvgIpc) is 2.44. The number of rotatable bonds is 0. The van der Waals surface area contributed by atoms with Crippen molar-refractivity contribution in [2.24, 2.45) is 10.7 Å². The van der Waals surface area contributed by atoms with Crippen molar-refractivity contribution < 1.29 is 33.5 Å². The van der Waals surface area contributed by atoms with E-state index in [0.29, 0.717) is 0 Å². The molecule has 0 N–H and O–H groups in total. The van der Waals surface area contributed by atoms with Gasteiger partial charge in [-0.3, -0.25) is 0 Å². The summed E-state index contributed by atoms with van der Waals surface area (Å²) in [4.78, 5) is 16.0. The van der Waals surface area contributed by atoms with Crippen molar-refractivity contribution in [2.45, 2.75) is 0 Å². The molecule has 0 heterocycles. The van der Waals surface area contributed by atoms with E-state index in [-0.39, 0.29) is 33.5 Å². The van der Waals surface area contributed by atoms with E-state index >= 15 is 0 Å². The Morgan fingerprint density at radius 3 is 0.923 bits per heavy atom. The maximum atomic E-state index is 8.00. The zero-order chi connectivity index (χ0) is 8.95. The van der Waals surface area contributed by atoms with E-state index in [0.717, 1.165) is 10.7 Å². The molecule has 13 heavy (non-hydrogen) atoms. The van der Waals surface area contributed by atoms with Crippen molar-refractivity contribution >= 4 is 0 Å². The molecule has 1 fully saturated rings. The van der Waals surface area contributed by atoms with Crippen molar-refractivity contribution in [3.63, 3.8) is 0 Å². The molecule has 0 aromatic heterocycles. The average molecular weight is 288 g/mol. The van der Waals surface area contributed by atoms with Gasteiger partial charge in [0.15, 0.2) is 0 Å². The molecule has 8 heteroatoms. The Morgan fingerprint density at radius 2 is 0.846 bits per heavy atom. The van der Waals surface area contributed by atoms with Crippen molar-refractivity contribution in [2.75, 3.05) is 0 Å². The molecular weight excluding hydrogens is 283 g/mol. The van der Waals surface area contributed by atoms with Gasteiger partial charge in [-0.05, 0) is 32.1 Å². The summed E-state index contributed by atoms with van der Waals surface area (Å²) < 4.78 is 0. The van der Waals surface area contributed by atoms with Gasteiger partial charge in [0.1, 0.15) is 0 Å². The van der Waals surface area contributed by atoms with Gasteiger partial charge in [0, 0.05) is 0 Å². The maximum absolute atomic E-state index is 8.00. The summed E-state index contributed by atoms with van der Waals surface area (Å²) >= 11 is 0. The third kappa shape index (κ3) is 49.3. The zero-order valence-electron chi connectivity index (χ0n) is 6.20. The van der Waals surface area contributed by atoms with Crippen LogP contribution in [0.5, 0.6) is 0 Å². The fourth-order valence-electron chi connectivity index (χ4n) is 0.321. The smallest absolute Gasteiger partial charge is 1.00 e. The topological polar surface area (TPSA) is 105 Å². The normalized spacial score (nSPS) is 11.1. The van der Waals surface area contributed by atoms with Crippen LogP contribution in [-0.2, 0) is 21.1 Å². The SMILES string of the molecule is O=N[O-].O=N[O-].[CH]1[CH][CH][CH][CH]1.[Cl-].[Mo+3]. The van der Waals surface area contributed by atoms with E-state index in [1.165, 1.54) is 0 Å².